The summed E-state index contributed by atoms with van der Waals surface area (Å²) in [5, 5.41) is 16.0. The van der Waals surface area contributed by atoms with E-state index in [0.29, 0.717) is 18.6 Å². The number of aliphatic hydroxyl groups is 1. The number of fused-ring (bicyclic) bond motifs is 4. The van der Waals surface area contributed by atoms with E-state index >= 15 is 0 Å². The van der Waals surface area contributed by atoms with Crippen LogP contribution in [0.3, 0.4) is 0 Å². The topological polar surface area (TPSA) is 152 Å². The molecule has 0 amide bonds. The third-order valence-corrected chi connectivity index (χ3v) is 12.3. The van der Waals surface area contributed by atoms with Gasteiger partial charge in [-0.2, -0.15) is 0 Å². The van der Waals surface area contributed by atoms with Crippen molar-refractivity contribution in [1.29, 1.82) is 0 Å². The van der Waals surface area contributed by atoms with E-state index in [2.05, 4.69) is 17.0 Å². The fraction of sp³-hybridized carbons (Fsp3) is 0.721. The number of Topliss-reactive ketones (excluding diaryl/α,β-unsaturated/α-hetero) is 1. The van der Waals surface area contributed by atoms with Gasteiger partial charge in [0, 0.05) is 35.3 Å². The maximum Gasteiger partial charge on any atom is 0.311 e. The first kappa shape index (κ1) is 43.7. The predicted octanol–water partition coefficient (Wildman–Crippen LogP) is 4.56. The van der Waals surface area contributed by atoms with Crippen LogP contribution in [0.1, 0.15) is 86.6 Å². The number of esters is 2. The van der Waals surface area contributed by atoms with Crippen LogP contribution < -0.4 is 0 Å². The van der Waals surface area contributed by atoms with Gasteiger partial charge in [0.2, 0.25) is 0 Å². The number of rotatable bonds is 6. The summed E-state index contributed by atoms with van der Waals surface area (Å²) in [5.74, 6) is 1.79. The third kappa shape index (κ3) is 9.65. The zero-order valence-corrected chi connectivity index (χ0v) is 34.7. The van der Waals surface area contributed by atoms with E-state index in [1.54, 1.807) is 13.8 Å². The molecule has 13 heteroatoms. The maximum atomic E-state index is 14.5. The summed E-state index contributed by atoms with van der Waals surface area (Å²) in [6, 6.07) is 9.29. The Morgan fingerprint density at radius 1 is 1.02 bits per heavy atom. The van der Waals surface area contributed by atoms with E-state index < -0.39 is 83.4 Å². The molecule has 13 nitrogen and oxygen atoms in total. The van der Waals surface area contributed by atoms with Crippen LogP contribution in [0.15, 0.2) is 35.5 Å². The normalized spacial score (nSPS) is 40.6. The van der Waals surface area contributed by atoms with Gasteiger partial charge in [-0.05, 0) is 73.2 Å². The minimum atomic E-state index is -1.23. The quantitative estimate of drug-likeness (QED) is 0.187. The van der Waals surface area contributed by atoms with Crippen molar-refractivity contribution < 1.29 is 52.7 Å². The predicted molar refractivity (Wildman–Crippen MR) is 207 cm³/mol. The number of nitrogens with zero attached hydrogens (tertiary/aromatic N) is 2. The van der Waals surface area contributed by atoms with Crippen molar-refractivity contribution >= 4 is 23.4 Å². The van der Waals surface area contributed by atoms with E-state index in [0.717, 1.165) is 5.56 Å². The number of ketones is 1. The third-order valence-electron chi connectivity index (χ3n) is 12.3. The molecule has 0 spiro atoms. The van der Waals surface area contributed by atoms with Crippen molar-refractivity contribution in [2.45, 2.75) is 135 Å². The highest BCUT2D eigenvalue weighted by Crippen LogP contribution is 2.46. The Labute approximate surface area is 332 Å². The second-order valence-electron chi connectivity index (χ2n) is 16.9. The van der Waals surface area contributed by atoms with Crippen LogP contribution in [0.2, 0.25) is 0 Å². The molecular weight excluding hydrogens is 720 g/mol. The Balaban J connectivity index is 1.57. The van der Waals surface area contributed by atoms with Gasteiger partial charge in [0.25, 0.3) is 0 Å². The van der Waals surface area contributed by atoms with E-state index in [1.165, 1.54) is 0 Å². The number of carbonyl (C=O) groups excluding carboxylic acids is 3. The molecule has 0 radical (unpaired) electrons. The molecule has 4 saturated heterocycles. The van der Waals surface area contributed by atoms with Crippen molar-refractivity contribution in [2.75, 3.05) is 33.9 Å². The maximum absolute atomic E-state index is 14.5. The van der Waals surface area contributed by atoms with Gasteiger partial charge in [0.15, 0.2) is 12.9 Å². The SMILES string of the molecule is CC[C@H]1OC(=O)[C@H](C)[C@H]2OC/C(=N\OCC#Cc3ccccc3)CO[C@](C)(C[C@@H](C)C(=O)[C@H](C)[C@@H]3CC(=O)O[C@]13C)[C@H](O[C@@H]1O[C@H](C)C[C@H](N(C)C)[C@H]1O)[C@H]2C. The molecule has 0 saturated carbocycles. The molecule has 310 valence electrons. The first-order valence-corrected chi connectivity index (χ1v) is 20.1. The van der Waals surface area contributed by atoms with Gasteiger partial charge in [-0.3, -0.25) is 14.4 Å². The molecule has 4 fully saturated rings. The summed E-state index contributed by atoms with van der Waals surface area (Å²) in [6.45, 7) is 14.7. The number of ether oxygens (including phenoxy) is 6. The van der Waals surface area contributed by atoms with E-state index in [9.17, 15) is 19.5 Å². The number of benzene rings is 1. The molecule has 1 aromatic rings. The molecular formula is C43H62N2O11. The Morgan fingerprint density at radius 3 is 2.41 bits per heavy atom. The van der Waals surface area contributed by atoms with Crippen molar-refractivity contribution in [2.24, 2.45) is 34.7 Å². The standard InChI is InChI=1S/C43H62N2O11/c1-11-34-43(8)32(21-35(46)56-43)27(4)36(47)25(2)22-42(7)39(55-41-37(48)33(45(9)10)20-26(3)53-41)28(5)38(29(6)40(49)54-34)50-23-31(24-51-42)44-52-19-15-18-30-16-13-12-14-17-30/h12-14,16-17,25-29,32-34,37-39,41,48H,11,19-24H2,1-10H3/b44-31+/t25-,26-,27-,28+,29-,32+,33+,34-,37-,38+,39-,41+,42-,43+/m1/s1. The van der Waals surface area contributed by atoms with Crippen LogP contribution in [-0.2, 0) is 47.6 Å². The minimum Gasteiger partial charge on any atom is -0.458 e. The van der Waals surface area contributed by atoms with Crippen molar-refractivity contribution in [3.63, 3.8) is 0 Å². The Hall–Kier alpha value is -3.38. The van der Waals surface area contributed by atoms with Gasteiger partial charge in [-0.15, -0.1) is 0 Å². The van der Waals surface area contributed by atoms with Crippen LogP contribution in [0.5, 0.6) is 0 Å². The van der Waals surface area contributed by atoms with E-state index in [1.807, 2.05) is 90.9 Å². The fourth-order valence-corrected chi connectivity index (χ4v) is 9.22. The van der Waals surface area contributed by atoms with Crippen LogP contribution in [-0.4, -0.2) is 121 Å². The highest BCUT2D eigenvalue weighted by Gasteiger charge is 2.57. The number of hydrogen-bond donors (Lipinski definition) is 1. The molecule has 4 aliphatic heterocycles. The molecule has 0 aliphatic carbocycles. The smallest absolute Gasteiger partial charge is 0.311 e. The molecule has 2 bridgehead atoms. The lowest BCUT2D eigenvalue weighted by atomic mass is 9.70. The second kappa shape index (κ2) is 18.5. The number of hydrogen-bond acceptors (Lipinski definition) is 13. The molecule has 0 unspecified atom stereocenters. The fourth-order valence-electron chi connectivity index (χ4n) is 9.22. The number of aliphatic hydroxyl groups excluding tert-OH is 1. The summed E-state index contributed by atoms with van der Waals surface area (Å²) in [7, 11) is 3.81. The summed E-state index contributed by atoms with van der Waals surface area (Å²) < 4.78 is 38.8. The summed E-state index contributed by atoms with van der Waals surface area (Å²) in [4.78, 5) is 49.3. The van der Waals surface area contributed by atoms with Crippen molar-refractivity contribution in [1.82, 2.24) is 4.90 Å². The number of likely N-dealkylation sites (N-methyl/N-ethyl adjacent to an activating group) is 1. The molecule has 14 atom stereocenters. The molecule has 1 N–H and O–H groups in total. The summed E-state index contributed by atoms with van der Waals surface area (Å²) in [5.41, 5.74) is -1.19. The summed E-state index contributed by atoms with van der Waals surface area (Å²) >= 11 is 0. The largest absolute Gasteiger partial charge is 0.458 e. The first-order chi connectivity index (χ1) is 26.5. The molecule has 1 aromatic carbocycles. The van der Waals surface area contributed by atoms with Gasteiger partial charge in [-0.1, -0.05) is 62.9 Å². The summed E-state index contributed by atoms with van der Waals surface area (Å²) in [6.07, 6.45) is -3.64. The zero-order chi connectivity index (χ0) is 40.9. The number of cyclic esters (lactones) is 1. The lowest BCUT2D eigenvalue weighted by molar-refractivity contribution is -0.302. The highest BCUT2D eigenvalue weighted by molar-refractivity contribution is 5.87. The van der Waals surface area contributed by atoms with Gasteiger partial charge in [-0.25, -0.2) is 0 Å². The monoisotopic (exact) mass is 782 g/mol. The van der Waals surface area contributed by atoms with Crippen LogP contribution >= 0.6 is 0 Å². The molecule has 56 heavy (non-hydrogen) atoms. The van der Waals surface area contributed by atoms with Crippen LogP contribution in [0.25, 0.3) is 0 Å². The lowest BCUT2D eigenvalue weighted by Gasteiger charge is -2.48. The van der Waals surface area contributed by atoms with E-state index in [4.69, 9.17) is 33.3 Å². The lowest BCUT2D eigenvalue weighted by Crippen LogP contribution is -2.60. The Morgan fingerprint density at radius 2 is 1.73 bits per heavy atom. The molecule has 5 rings (SSSR count). The second-order valence-corrected chi connectivity index (χ2v) is 16.9. The minimum absolute atomic E-state index is 0.0123. The molecule has 0 aromatic heterocycles. The number of carbonyl (C=O) groups is 3. The average molecular weight is 783 g/mol. The zero-order valence-electron chi connectivity index (χ0n) is 34.7. The van der Waals surface area contributed by atoms with Gasteiger partial charge >= 0.3 is 11.9 Å². The number of oxime groups is 1. The first-order valence-electron chi connectivity index (χ1n) is 20.1. The van der Waals surface area contributed by atoms with Crippen molar-refractivity contribution in [3.05, 3.63) is 35.9 Å². The highest BCUT2D eigenvalue weighted by atomic mass is 16.7. The van der Waals surface area contributed by atoms with Crippen LogP contribution in [0, 0.1) is 41.4 Å². The Bertz CT molecular complexity index is 1630. The molecule has 4 aliphatic rings. The van der Waals surface area contributed by atoms with Gasteiger partial charge < -0.3 is 43.3 Å². The molecule has 4 heterocycles. The van der Waals surface area contributed by atoms with Gasteiger partial charge in [0.05, 0.1) is 49.5 Å². The van der Waals surface area contributed by atoms with E-state index in [-0.39, 0.29) is 50.6 Å². The van der Waals surface area contributed by atoms with Gasteiger partial charge in [0.1, 0.15) is 29.3 Å². The Kier molecular flexibility index (Phi) is 14.4. The van der Waals surface area contributed by atoms with Crippen molar-refractivity contribution in [3.8, 4) is 11.8 Å². The van der Waals surface area contributed by atoms with Crippen LogP contribution in [0.4, 0.5) is 0 Å². The average Bonchev–Trinajstić information content (AvgIpc) is 3.49.